The van der Waals surface area contributed by atoms with Crippen LogP contribution in [0.1, 0.15) is 11.1 Å². The summed E-state index contributed by atoms with van der Waals surface area (Å²) in [5.74, 6) is -0.117. The first-order chi connectivity index (χ1) is 11.1. The van der Waals surface area contributed by atoms with E-state index in [-0.39, 0.29) is 6.61 Å². The van der Waals surface area contributed by atoms with E-state index in [1.54, 1.807) is 42.5 Å². The number of carbonyl (C=O) groups excluding carboxylic acids is 1. The highest BCUT2D eigenvalue weighted by Gasteiger charge is 2.05. The van der Waals surface area contributed by atoms with Crippen molar-refractivity contribution in [3.63, 3.8) is 0 Å². The van der Waals surface area contributed by atoms with Crippen LogP contribution in [0.3, 0.4) is 0 Å². The molecule has 0 aliphatic heterocycles. The Hall–Kier alpha value is -2.55. The van der Waals surface area contributed by atoms with Gasteiger partial charge in [-0.2, -0.15) is 10.4 Å². The lowest BCUT2D eigenvalue weighted by atomic mass is 10.2. The molecule has 7 heteroatoms. The van der Waals surface area contributed by atoms with Crippen LogP contribution in [0.2, 0.25) is 10.0 Å². The minimum Gasteiger partial charge on any atom is -0.482 e. The lowest BCUT2D eigenvalue weighted by Crippen LogP contribution is -2.24. The maximum atomic E-state index is 11.7. The molecule has 0 saturated carbocycles. The zero-order valence-electron chi connectivity index (χ0n) is 11.8. The molecule has 5 nitrogen and oxygen atoms in total. The molecule has 0 aromatic heterocycles. The molecule has 0 spiro atoms. The molecule has 2 aromatic rings. The Labute approximate surface area is 143 Å². The van der Waals surface area contributed by atoms with Gasteiger partial charge >= 0.3 is 0 Å². The Bertz CT molecular complexity index is 785. The van der Waals surface area contributed by atoms with E-state index >= 15 is 0 Å². The van der Waals surface area contributed by atoms with Gasteiger partial charge in [-0.3, -0.25) is 4.79 Å². The standard InChI is InChI=1S/C16H11Cl2N3O2/c17-13-6-5-12(14(18)7-13)9-20-21-16(22)10-23-15-4-2-1-3-11(15)8-19/h1-7,9H,10H2,(H,21,22)/b20-9+. The van der Waals surface area contributed by atoms with E-state index in [9.17, 15) is 4.79 Å². The topological polar surface area (TPSA) is 74.5 Å². The van der Waals surface area contributed by atoms with E-state index in [0.29, 0.717) is 26.9 Å². The molecule has 0 fully saturated rings. The number of carbonyl (C=O) groups is 1. The van der Waals surface area contributed by atoms with Gasteiger partial charge in [0.15, 0.2) is 6.61 Å². The second-order valence-electron chi connectivity index (χ2n) is 4.36. The molecule has 2 rings (SSSR count). The van der Waals surface area contributed by atoms with Crippen LogP contribution in [0.15, 0.2) is 47.6 Å². The van der Waals surface area contributed by atoms with Crippen LogP contribution in [-0.4, -0.2) is 18.7 Å². The zero-order valence-corrected chi connectivity index (χ0v) is 13.3. The molecule has 1 amide bonds. The van der Waals surface area contributed by atoms with Gasteiger partial charge in [-0.05, 0) is 24.3 Å². The van der Waals surface area contributed by atoms with Crippen molar-refractivity contribution < 1.29 is 9.53 Å². The molecular formula is C16H11Cl2N3O2. The van der Waals surface area contributed by atoms with Crippen LogP contribution in [0.25, 0.3) is 0 Å². The summed E-state index contributed by atoms with van der Waals surface area (Å²) in [7, 11) is 0. The van der Waals surface area contributed by atoms with E-state index in [1.807, 2.05) is 6.07 Å². The van der Waals surface area contributed by atoms with E-state index in [2.05, 4.69) is 10.5 Å². The van der Waals surface area contributed by atoms with Gasteiger partial charge in [0, 0.05) is 10.6 Å². The molecule has 23 heavy (non-hydrogen) atoms. The lowest BCUT2D eigenvalue weighted by Gasteiger charge is -2.06. The predicted molar refractivity (Wildman–Crippen MR) is 88.9 cm³/mol. The number of nitrogens with one attached hydrogen (secondary N) is 1. The summed E-state index contributed by atoms with van der Waals surface area (Å²) in [6, 6.07) is 13.6. The smallest absolute Gasteiger partial charge is 0.277 e. The van der Waals surface area contributed by atoms with Crippen molar-refractivity contribution in [2.45, 2.75) is 0 Å². The normalized spacial score (nSPS) is 10.3. The number of nitriles is 1. The van der Waals surface area contributed by atoms with Crippen molar-refractivity contribution in [1.29, 1.82) is 5.26 Å². The Morgan fingerprint density at radius 1 is 1.30 bits per heavy atom. The monoisotopic (exact) mass is 347 g/mol. The van der Waals surface area contributed by atoms with E-state index in [1.165, 1.54) is 6.21 Å². The first-order valence-corrected chi connectivity index (χ1v) is 7.24. The number of hydrazone groups is 1. The van der Waals surface area contributed by atoms with Gasteiger partial charge in [0.25, 0.3) is 5.91 Å². The summed E-state index contributed by atoms with van der Waals surface area (Å²) >= 11 is 11.8. The molecule has 0 bridgehead atoms. The van der Waals surface area contributed by atoms with Gasteiger partial charge in [0.05, 0.1) is 16.8 Å². The third-order valence-corrected chi connectivity index (χ3v) is 3.28. The number of rotatable bonds is 5. The van der Waals surface area contributed by atoms with E-state index in [4.69, 9.17) is 33.2 Å². The summed E-state index contributed by atoms with van der Waals surface area (Å²) < 4.78 is 5.28. The average molecular weight is 348 g/mol. The largest absolute Gasteiger partial charge is 0.482 e. The zero-order chi connectivity index (χ0) is 16.7. The predicted octanol–water partition coefficient (Wildman–Crippen LogP) is 3.39. The van der Waals surface area contributed by atoms with Crippen LogP contribution in [0, 0.1) is 11.3 Å². The molecule has 0 radical (unpaired) electrons. The quantitative estimate of drug-likeness (QED) is 0.665. The van der Waals surface area contributed by atoms with Gasteiger partial charge in [-0.25, -0.2) is 5.43 Å². The number of para-hydroxylation sites is 1. The number of hydrogen-bond acceptors (Lipinski definition) is 4. The van der Waals surface area contributed by atoms with Crippen molar-refractivity contribution in [3.8, 4) is 11.8 Å². The fraction of sp³-hybridized carbons (Fsp3) is 0.0625. The minimum atomic E-state index is -0.459. The molecule has 0 saturated heterocycles. The van der Waals surface area contributed by atoms with Crippen LogP contribution in [0.5, 0.6) is 5.75 Å². The molecule has 2 aromatic carbocycles. The van der Waals surface area contributed by atoms with Crippen molar-refractivity contribution in [1.82, 2.24) is 5.43 Å². The number of nitrogens with zero attached hydrogens (tertiary/aromatic N) is 2. The first-order valence-electron chi connectivity index (χ1n) is 6.49. The third-order valence-electron chi connectivity index (χ3n) is 2.72. The Morgan fingerprint density at radius 2 is 2.09 bits per heavy atom. The van der Waals surface area contributed by atoms with Crippen LogP contribution in [0.4, 0.5) is 0 Å². The van der Waals surface area contributed by atoms with E-state index in [0.717, 1.165) is 0 Å². The molecule has 0 heterocycles. The maximum Gasteiger partial charge on any atom is 0.277 e. The lowest BCUT2D eigenvalue weighted by molar-refractivity contribution is -0.123. The Morgan fingerprint density at radius 3 is 2.83 bits per heavy atom. The van der Waals surface area contributed by atoms with Crippen LogP contribution >= 0.6 is 23.2 Å². The van der Waals surface area contributed by atoms with E-state index < -0.39 is 5.91 Å². The third kappa shape index (κ3) is 4.99. The van der Waals surface area contributed by atoms with Gasteiger partial charge in [0.2, 0.25) is 0 Å². The number of amides is 1. The van der Waals surface area contributed by atoms with Crippen LogP contribution in [-0.2, 0) is 4.79 Å². The number of ether oxygens (including phenoxy) is 1. The van der Waals surface area contributed by atoms with Gasteiger partial charge in [0.1, 0.15) is 11.8 Å². The SMILES string of the molecule is N#Cc1ccccc1OCC(=O)N/N=C/c1ccc(Cl)cc1Cl. The van der Waals surface area contributed by atoms with Gasteiger partial charge in [-0.15, -0.1) is 0 Å². The molecule has 0 aliphatic carbocycles. The van der Waals surface area contributed by atoms with Crippen molar-refractivity contribution >= 4 is 35.3 Å². The summed E-state index contributed by atoms with van der Waals surface area (Å²) in [5.41, 5.74) is 3.29. The fourth-order valence-corrected chi connectivity index (χ4v) is 2.10. The summed E-state index contributed by atoms with van der Waals surface area (Å²) in [6.45, 7) is -0.260. The molecular weight excluding hydrogens is 337 g/mol. The van der Waals surface area contributed by atoms with Crippen molar-refractivity contribution in [2.24, 2.45) is 5.10 Å². The van der Waals surface area contributed by atoms with Gasteiger partial charge in [-0.1, -0.05) is 41.4 Å². The average Bonchev–Trinajstić information content (AvgIpc) is 2.55. The number of hydrogen-bond donors (Lipinski definition) is 1. The van der Waals surface area contributed by atoms with Crippen LogP contribution < -0.4 is 10.2 Å². The van der Waals surface area contributed by atoms with Crippen molar-refractivity contribution in [2.75, 3.05) is 6.61 Å². The Balaban J connectivity index is 1.88. The fourth-order valence-electron chi connectivity index (χ4n) is 1.64. The second-order valence-corrected chi connectivity index (χ2v) is 5.20. The highest BCUT2D eigenvalue weighted by Crippen LogP contribution is 2.19. The van der Waals surface area contributed by atoms with Gasteiger partial charge < -0.3 is 4.74 Å². The Kier molecular flexibility index (Phi) is 5.98. The highest BCUT2D eigenvalue weighted by molar-refractivity contribution is 6.36. The molecule has 0 atom stereocenters. The summed E-state index contributed by atoms with van der Waals surface area (Å²) in [5, 5.41) is 13.7. The minimum absolute atomic E-state index is 0.260. The first kappa shape index (κ1) is 16.8. The highest BCUT2D eigenvalue weighted by atomic mass is 35.5. The molecule has 0 unspecified atom stereocenters. The second kappa shape index (κ2) is 8.18. The molecule has 1 N–H and O–H groups in total. The number of halogens is 2. The molecule has 116 valence electrons. The maximum absolute atomic E-state index is 11.7. The summed E-state index contributed by atoms with van der Waals surface area (Å²) in [6.07, 6.45) is 1.40. The molecule has 0 aliphatic rings. The van der Waals surface area contributed by atoms with Crippen molar-refractivity contribution in [3.05, 3.63) is 63.6 Å². The number of benzene rings is 2. The summed E-state index contributed by atoms with van der Waals surface area (Å²) in [4.78, 5) is 11.7.